The molecule has 1 saturated carbocycles. The quantitative estimate of drug-likeness (QED) is 0.895. The molecule has 2 atom stereocenters. The van der Waals surface area contributed by atoms with Crippen LogP contribution in [0.2, 0.25) is 0 Å². The van der Waals surface area contributed by atoms with E-state index in [1.165, 1.54) is 12.1 Å². The number of hydrogen-bond donors (Lipinski definition) is 1. The number of ether oxygens (including phenoxy) is 1. The van der Waals surface area contributed by atoms with Crippen molar-refractivity contribution in [2.24, 2.45) is 0 Å². The van der Waals surface area contributed by atoms with E-state index < -0.39 is 6.36 Å². The summed E-state index contributed by atoms with van der Waals surface area (Å²) >= 11 is 0. The van der Waals surface area contributed by atoms with Crippen molar-refractivity contribution in [2.75, 3.05) is 6.54 Å². The summed E-state index contributed by atoms with van der Waals surface area (Å²) < 4.78 is 40.7. The lowest BCUT2D eigenvalue weighted by molar-refractivity contribution is -0.274. The highest BCUT2D eigenvalue weighted by Crippen LogP contribution is 2.35. The molecule has 0 radical (unpaired) electrons. The van der Waals surface area contributed by atoms with E-state index >= 15 is 0 Å². The molecule has 0 bridgehead atoms. The fourth-order valence-electron chi connectivity index (χ4n) is 2.93. The largest absolute Gasteiger partial charge is 0.573 e. The van der Waals surface area contributed by atoms with E-state index in [1.807, 2.05) is 6.07 Å². The predicted molar refractivity (Wildman–Crippen MR) is 71.8 cm³/mol. The van der Waals surface area contributed by atoms with Crippen molar-refractivity contribution in [3.63, 3.8) is 0 Å². The van der Waals surface area contributed by atoms with Crippen LogP contribution in [0.5, 0.6) is 5.75 Å². The molecule has 1 aromatic rings. The smallest absolute Gasteiger partial charge is 0.406 e. The molecule has 0 heterocycles. The third-order valence-electron chi connectivity index (χ3n) is 3.73. The van der Waals surface area contributed by atoms with E-state index in [9.17, 15) is 13.2 Å². The van der Waals surface area contributed by atoms with Crippen LogP contribution in [-0.2, 0) is 0 Å². The second-order valence-electron chi connectivity index (χ2n) is 5.24. The highest BCUT2D eigenvalue weighted by atomic mass is 19.4. The van der Waals surface area contributed by atoms with E-state index in [-0.39, 0.29) is 5.75 Å². The Morgan fingerprint density at radius 1 is 1.30 bits per heavy atom. The van der Waals surface area contributed by atoms with E-state index in [2.05, 4.69) is 17.0 Å². The van der Waals surface area contributed by atoms with E-state index in [4.69, 9.17) is 0 Å². The van der Waals surface area contributed by atoms with E-state index in [1.54, 1.807) is 6.07 Å². The average molecular weight is 287 g/mol. The van der Waals surface area contributed by atoms with Gasteiger partial charge in [0.1, 0.15) is 5.75 Å². The molecular weight excluding hydrogens is 267 g/mol. The standard InChI is InChI=1S/C15H20F3NO/c1-2-19-13-7-3-5-11(9-13)12-6-4-8-14(10-12)20-15(16,17)18/h4,6,8,10-11,13,19H,2-3,5,7,9H2,1H3. The Bertz CT molecular complexity index is 431. The second kappa shape index (κ2) is 6.48. The van der Waals surface area contributed by atoms with Crippen molar-refractivity contribution in [2.45, 2.75) is 50.9 Å². The maximum atomic E-state index is 12.2. The zero-order valence-corrected chi connectivity index (χ0v) is 11.5. The lowest BCUT2D eigenvalue weighted by Crippen LogP contribution is -2.33. The van der Waals surface area contributed by atoms with Crippen LogP contribution in [0.25, 0.3) is 0 Å². The number of alkyl halides is 3. The van der Waals surface area contributed by atoms with Gasteiger partial charge in [0.2, 0.25) is 0 Å². The zero-order chi connectivity index (χ0) is 14.6. The molecule has 1 aliphatic rings. The molecular formula is C15H20F3NO. The molecule has 0 aromatic heterocycles. The molecule has 1 N–H and O–H groups in total. The maximum absolute atomic E-state index is 12.2. The Morgan fingerprint density at radius 3 is 2.80 bits per heavy atom. The summed E-state index contributed by atoms with van der Waals surface area (Å²) in [4.78, 5) is 0. The van der Waals surface area contributed by atoms with Gasteiger partial charge in [-0.15, -0.1) is 13.2 Å². The van der Waals surface area contributed by atoms with Crippen molar-refractivity contribution in [1.82, 2.24) is 5.32 Å². The van der Waals surface area contributed by atoms with Gasteiger partial charge in [0, 0.05) is 6.04 Å². The molecule has 0 spiro atoms. The molecule has 1 fully saturated rings. The van der Waals surface area contributed by atoms with Gasteiger partial charge in [-0.05, 0) is 49.4 Å². The lowest BCUT2D eigenvalue weighted by Gasteiger charge is -2.30. The van der Waals surface area contributed by atoms with E-state index in [0.717, 1.165) is 37.8 Å². The first-order valence-electron chi connectivity index (χ1n) is 7.07. The molecule has 5 heteroatoms. The fraction of sp³-hybridized carbons (Fsp3) is 0.600. The number of halogens is 3. The van der Waals surface area contributed by atoms with Crippen molar-refractivity contribution in [3.05, 3.63) is 29.8 Å². The topological polar surface area (TPSA) is 21.3 Å². The highest BCUT2D eigenvalue weighted by molar-refractivity contribution is 5.31. The predicted octanol–water partition coefficient (Wildman–Crippen LogP) is 4.22. The normalized spacial score (nSPS) is 23.6. The SMILES string of the molecule is CCNC1CCCC(c2cccc(OC(F)(F)F)c2)C1. The minimum atomic E-state index is -4.63. The lowest BCUT2D eigenvalue weighted by atomic mass is 9.81. The summed E-state index contributed by atoms with van der Waals surface area (Å²) in [5.41, 5.74) is 0.939. The first-order chi connectivity index (χ1) is 9.48. The molecule has 2 nitrogen and oxygen atoms in total. The Hall–Kier alpha value is -1.23. The summed E-state index contributed by atoms with van der Waals surface area (Å²) in [6.45, 7) is 3.00. The van der Waals surface area contributed by atoms with Gasteiger partial charge >= 0.3 is 6.36 Å². The first-order valence-corrected chi connectivity index (χ1v) is 7.07. The van der Waals surface area contributed by atoms with Gasteiger partial charge in [-0.2, -0.15) is 0 Å². The van der Waals surface area contributed by atoms with Gasteiger partial charge < -0.3 is 10.1 Å². The summed E-state index contributed by atoms with van der Waals surface area (Å²) in [5, 5.41) is 3.43. The van der Waals surface area contributed by atoms with Gasteiger partial charge in [0.25, 0.3) is 0 Å². The number of rotatable bonds is 4. The van der Waals surface area contributed by atoms with Crippen LogP contribution < -0.4 is 10.1 Å². The molecule has 1 aliphatic carbocycles. The number of nitrogens with one attached hydrogen (secondary N) is 1. The second-order valence-corrected chi connectivity index (χ2v) is 5.24. The van der Waals surface area contributed by atoms with Crippen LogP contribution in [0.4, 0.5) is 13.2 Å². The Labute approximate surface area is 117 Å². The molecule has 0 saturated heterocycles. The molecule has 0 aliphatic heterocycles. The van der Waals surface area contributed by atoms with Crippen molar-refractivity contribution >= 4 is 0 Å². The zero-order valence-electron chi connectivity index (χ0n) is 11.5. The average Bonchev–Trinajstić information content (AvgIpc) is 2.38. The van der Waals surface area contributed by atoms with Gasteiger partial charge in [0.15, 0.2) is 0 Å². The van der Waals surface area contributed by atoms with Crippen LogP contribution in [0.1, 0.15) is 44.1 Å². The molecule has 112 valence electrons. The third kappa shape index (κ3) is 4.40. The van der Waals surface area contributed by atoms with Gasteiger partial charge in [-0.3, -0.25) is 0 Å². The third-order valence-corrected chi connectivity index (χ3v) is 3.73. The Morgan fingerprint density at radius 2 is 2.10 bits per heavy atom. The fourth-order valence-corrected chi connectivity index (χ4v) is 2.93. The van der Waals surface area contributed by atoms with Crippen molar-refractivity contribution in [1.29, 1.82) is 0 Å². The summed E-state index contributed by atoms with van der Waals surface area (Å²) in [7, 11) is 0. The maximum Gasteiger partial charge on any atom is 0.573 e. The molecule has 20 heavy (non-hydrogen) atoms. The Balaban J connectivity index is 2.06. The van der Waals surface area contributed by atoms with Gasteiger partial charge in [-0.25, -0.2) is 0 Å². The molecule has 0 amide bonds. The van der Waals surface area contributed by atoms with Gasteiger partial charge in [-0.1, -0.05) is 25.5 Å². The van der Waals surface area contributed by atoms with Crippen LogP contribution in [0.15, 0.2) is 24.3 Å². The van der Waals surface area contributed by atoms with Crippen LogP contribution >= 0.6 is 0 Å². The van der Waals surface area contributed by atoms with Crippen LogP contribution in [0, 0.1) is 0 Å². The summed E-state index contributed by atoms with van der Waals surface area (Å²) in [5.74, 6) is 0.185. The number of benzene rings is 1. The summed E-state index contributed by atoms with van der Waals surface area (Å²) in [6, 6.07) is 6.86. The van der Waals surface area contributed by atoms with Gasteiger partial charge in [0.05, 0.1) is 0 Å². The van der Waals surface area contributed by atoms with Crippen molar-refractivity contribution < 1.29 is 17.9 Å². The monoisotopic (exact) mass is 287 g/mol. The first kappa shape index (κ1) is 15.2. The molecule has 2 rings (SSSR count). The molecule has 1 aromatic carbocycles. The van der Waals surface area contributed by atoms with Crippen LogP contribution in [-0.4, -0.2) is 18.9 Å². The van der Waals surface area contributed by atoms with Crippen LogP contribution in [0.3, 0.4) is 0 Å². The summed E-state index contributed by atoms with van der Waals surface area (Å²) in [6.07, 6.45) is -0.381. The minimum absolute atomic E-state index is 0.124. The molecule has 2 unspecified atom stereocenters. The Kier molecular flexibility index (Phi) is 4.91. The number of hydrogen-bond acceptors (Lipinski definition) is 2. The van der Waals surface area contributed by atoms with Crippen molar-refractivity contribution in [3.8, 4) is 5.75 Å². The highest BCUT2D eigenvalue weighted by Gasteiger charge is 2.31. The minimum Gasteiger partial charge on any atom is -0.406 e. The van der Waals surface area contributed by atoms with E-state index in [0.29, 0.717) is 12.0 Å².